The second kappa shape index (κ2) is 6.54. The summed E-state index contributed by atoms with van der Waals surface area (Å²) in [4.78, 5) is 12.1. The van der Waals surface area contributed by atoms with Gasteiger partial charge in [-0.05, 0) is 30.7 Å². The number of amides is 1. The Morgan fingerprint density at radius 2 is 1.95 bits per heavy atom. The van der Waals surface area contributed by atoms with Gasteiger partial charge in [0.25, 0.3) is 5.91 Å². The molecular formula is C14H23N2O3+. The van der Waals surface area contributed by atoms with E-state index in [1.165, 1.54) is 0 Å². The number of aliphatic hydroxyl groups excluding tert-OH is 1. The van der Waals surface area contributed by atoms with E-state index in [1.54, 1.807) is 31.4 Å². The lowest BCUT2D eigenvalue weighted by molar-refractivity contribution is -0.927. The van der Waals surface area contributed by atoms with Crippen LogP contribution < -0.4 is 10.2 Å². The number of nitrogens with one attached hydrogen (secondary N) is 1. The first-order valence-corrected chi connectivity index (χ1v) is 6.35. The molecule has 1 unspecified atom stereocenters. The van der Waals surface area contributed by atoms with Crippen LogP contribution in [0.15, 0.2) is 24.3 Å². The highest BCUT2D eigenvalue weighted by molar-refractivity contribution is 5.93. The third-order valence-corrected chi connectivity index (χ3v) is 2.89. The van der Waals surface area contributed by atoms with Gasteiger partial charge in [0.05, 0.1) is 21.2 Å². The average Bonchev–Trinajstić information content (AvgIpc) is 2.37. The SMILES string of the molecule is CCC(O)C[N+](C)(C)NC(=O)c1ccc(OC)cc1. The van der Waals surface area contributed by atoms with Crippen molar-refractivity contribution in [3.05, 3.63) is 29.8 Å². The largest absolute Gasteiger partial charge is 0.497 e. The van der Waals surface area contributed by atoms with E-state index in [2.05, 4.69) is 5.43 Å². The molecule has 0 radical (unpaired) electrons. The van der Waals surface area contributed by atoms with Gasteiger partial charge in [-0.1, -0.05) is 6.92 Å². The van der Waals surface area contributed by atoms with Crippen LogP contribution in [0.5, 0.6) is 5.75 Å². The Morgan fingerprint density at radius 3 is 2.42 bits per heavy atom. The van der Waals surface area contributed by atoms with Gasteiger partial charge in [-0.25, -0.2) is 4.59 Å². The number of carbonyl (C=O) groups excluding carboxylic acids is 1. The molecule has 1 amide bonds. The van der Waals surface area contributed by atoms with Gasteiger partial charge in [0, 0.05) is 5.56 Å². The predicted molar refractivity (Wildman–Crippen MR) is 73.7 cm³/mol. The Morgan fingerprint density at radius 1 is 1.37 bits per heavy atom. The topological polar surface area (TPSA) is 58.6 Å². The van der Waals surface area contributed by atoms with Crippen molar-refractivity contribution in [3.63, 3.8) is 0 Å². The molecule has 5 heteroatoms. The number of carbonyl (C=O) groups is 1. The molecule has 0 heterocycles. The number of nitrogens with zero attached hydrogens (tertiary/aromatic N) is 1. The van der Waals surface area contributed by atoms with Gasteiger partial charge in [-0.3, -0.25) is 4.79 Å². The van der Waals surface area contributed by atoms with Crippen LogP contribution in [-0.4, -0.2) is 49.5 Å². The van der Waals surface area contributed by atoms with Crippen LogP contribution in [0.2, 0.25) is 0 Å². The molecule has 0 fully saturated rings. The first kappa shape index (κ1) is 15.5. The molecular weight excluding hydrogens is 244 g/mol. The molecule has 0 aliphatic rings. The molecule has 1 aromatic rings. The van der Waals surface area contributed by atoms with Crippen molar-refractivity contribution in [2.45, 2.75) is 19.4 Å². The molecule has 1 atom stereocenters. The maximum Gasteiger partial charge on any atom is 0.295 e. The highest BCUT2D eigenvalue weighted by atomic mass is 16.5. The number of quaternary nitrogens is 1. The van der Waals surface area contributed by atoms with E-state index < -0.39 is 6.10 Å². The minimum atomic E-state index is -0.425. The van der Waals surface area contributed by atoms with E-state index in [0.717, 1.165) is 0 Å². The lowest BCUT2D eigenvalue weighted by Gasteiger charge is -2.30. The summed E-state index contributed by atoms with van der Waals surface area (Å²) in [6.07, 6.45) is 0.242. The van der Waals surface area contributed by atoms with Gasteiger partial charge in [0.15, 0.2) is 0 Å². The van der Waals surface area contributed by atoms with Crippen LogP contribution in [0, 0.1) is 0 Å². The summed E-state index contributed by atoms with van der Waals surface area (Å²) in [5.74, 6) is 0.544. The lowest BCUT2D eigenvalue weighted by atomic mass is 10.2. The number of methoxy groups -OCH3 is 1. The molecule has 0 spiro atoms. The molecule has 0 saturated heterocycles. The number of aliphatic hydroxyl groups is 1. The normalized spacial score (nSPS) is 12.9. The van der Waals surface area contributed by atoms with Crippen LogP contribution in [0.25, 0.3) is 0 Å². The molecule has 1 rings (SSSR count). The second-order valence-electron chi connectivity index (χ2n) is 5.10. The minimum Gasteiger partial charge on any atom is -0.497 e. The zero-order valence-electron chi connectivity index (χ0n) is 12.0. The maximum absolute atomic E-state index is 12.1. The van der Waals surface area contributed by atoms with E-state index in [0.29, 0.717) is 24.3 Å². The molecule has 5 nitrogen and oxygen atoms in total. The van der Waals surface area contributed by atoms with Gasteiger partial charge in [-0.15, -0.1) is 0 Å². The van der Waals surface area contributed by atoms with Crippen molar-refractivity contribution in [2.24, 2.45) is 0 Å². The summed E-state index contributed by atoms with van der Waals surface area (Å²) >= 11 is 0. The summed E-state index contributed by atoms with van der Waals surface area (Å²) in [7, 11) is 5.28. The van der Waals surface area contributed by atoms with Crippen LogP contribution in [-0.2, 0) is 0 Å². The standard InChI is InChI=1S/C14H22N2O3/c1-5-12(17)10-16(2,3)15-14(18)11-6-8-13(19-4)9-7-11/h6-9,12,17H,5,10H2,1-4H3/p+1. The zero-order chi connectivity index (χ0) is 14.5. The predicted octanol–water partition coefficient (Wildman–Crippen LogP) is 1.19. The second-order valence-corrected chi connectivity index (χ2v) is 5.10. The highest BCUT2D eigenvalue weighted by Gasteiger charge is 2.23. The van der Waals surface area contributed by atoms with Crippen LogP contribution in [0.4, 0.5) is 0 Å². The van der Waals surface area contributed by atoms with Crippen molar-refractivity contribution in [3.8, 4) is 5.75 Å². The fourth-order valence-corrected chi connectivity index (χ4v) is 1.78. The van der Waals surface area contributed by atoms with Crippen molar-refractivity contribution >= 4 is 5.91 Å². The van der Waals surface area contributed by atoms with Crippen LogP contribution in [0.1, 0.15) is 23.7 Å². The van der Waals surface area contributed by atoms with E-state index in [4.69, 9.17) is 4.74 Å². The van der Waals surface area contributed by atoms with Crippen molar-refractivity contribution in [1.82, 2.24) is 5.43 Å². The minimum absolute atomic E-state index is 0.170. The molecule has 0 aromatic heterocycles. The van der Waals surface area contributed by atoms with Gasteiger partial charge in [0.1, 0.15) is 18.4 Å². The summed E-state index contributed by atoms with van der Waals surface area (Å²) < 4.78 is 5.28. The number of benzene rings is 1. The number of hydrogen-bond donors (Lipinski definition) is 2. The Labute approximate surface area is 114 Å². The highest BCUT2D eigenvalue weighted by Crippen LogP contribution is 2.11. The quantitative estimate of drug-likeness (QED) is 0.601. The first-order valence-electron chi connectivity index (χ1n) is 6.35. The lowest BCUT2D eigenvalue weighted by Crippen LogP contribution is -2.57. The average molecular weight is 267 g/mol. The molecule has 2 N–H and O–H groups in total. The number of rotatable bonds is 6. The third kappa shape index (κ3) is 4.89. The Bertz CT molecular complexity index is 415. The molecule has 0 bridgehead atoms. The Kier molecular flexibility index (Phi) is 5.32. The van der Waals surface area contributed by atoms with Gasteiger partial charge in [0.2, 0.25) is 0 Å². The Balaban J connectivity index is 2.67. The van der Waals surface area contributed by atoms with Crippen molar-refractivity contribution < 1.29 is 19.2 Å². The van der Waals surface area contributed by atoms with Crippen molar-refractivity contribution in [2.75, 3.05) is 27.7 Å². The Hall–Kier alpha value is -1.59. The number of hydrogen-bond acceptors (Lipinski definition) is 3. The van der Waals surface area contributed by atoms with Crippen LogP contribution in [0.3, 0.4) is 0 Å². The van der Waals surface area contributed by atoms with Crippen LogP contribution >= 0.6 is 0 Å². The summed E-state index contributed by atoms with van der Waals surface area (Å²) in [5, 5.41) is 9.66. The monoisotopic (exact) mass is 267 g/mol. The van der Waals surface area contributed by atoms with E-state index in [-0.39, 0.29) is 10.5 Å². The third-order valence-electron chi connectivity index (χ3n) is 2.89. The number of likely N-dealkylation sites (N-methyl/N-ethyl adjacent to an activating group) is 1. The van der Waals surface area contributed by atoms with Crippen molar-refractivity contribution in [1.29, 1.82) is 0 Å². The smallest absolute Gasteiger partial charge is 0.295 e. The molecule has 0 saturated carbocycles. The molecule has 1 aromatic carbocycles. The van der Waals surface area contributed by atoms with E-state index >= 15 is 0 Å². The maximum atomic E-state index is 12.1. The number of ether oxygens (including phenoxy) is 1. The summed E-state index contributed by atoms with van der Waals surface area (Å²) in [6.45, 7) is 2.38. The molecule has 19 heavy (non-hydrogen) atoms. The zero-order valence-corrected chi connectivity index (χ0v) is 12.0. The fourth-order valence-electron chi connectivity index (χ4n) is 1.78. The van der Waals surface area contributed by atoms with Gasteiger partial charge in [-0.2, -0.15) is 5.43 Å². The summed E-state index contributed by atoms with van der Waals surface area (Å²) in [6, 6.07) is 6.92. The summed E-state index contributed by atoms with van der Waals surface area (Å²) in [5.41, 5.74) is 3.44. The molecule has 0 aliphatic heterocycles. The molecule has 106 valence electrons. The van der Waals surface area contributed by atoms with Gasteiger partial charge < -0.3 is 9.84 Å². The first-order chi connectivity index (χ1) is 8.88. The van der Waals surface area contributed by atoms with E-state index in [9.17, 15) is 9.90 Å². The van der Waals surface area contributed by atoms with E-state index in [1.807, 2.05) is 21.0 Å². The van der Waals surface area contributed by atoms with Gasteiger partial charge >= 0.3 is 0 Å². The fraction of sp³-hybridized carbons (Fsp3) is 0.500. The molecule has 0 aliphatic carbocycles.